The Balaban J connectivity index is 1.59. The standard InChI is InChI=1S/C17H16N2O3S/c20-14(11-4-2-1-3-5-11)8-9-18-16(21)12-6-7-13-15(10-12)22-17(23)19-13/h1-7,10,14,20H,8-9H2,(H,18,21)(H,19,23)/t14-/m0/s1. The molecular weight excluding hydrogens is 312 g/mol. The van der Waals surface area contributed by atoms with Crippen molar-refractivity contribution in [1.82, 2.24) is 10.3 Å². The number of aromatic nitrogens is 1. The third-order valence-corrected chi connectivity index (χ3v) is 3.76. The normalized spacial score (nSPS) is 12.2. The fourth-order valence-electron chi connectivity index (χ4n) is 2.35. The second-order valence-corrected chi connectivity index (χ2v) is 5.57. The van der Waals surface area contributed by atoms with E-state index in [1.165, 1.54) is 0 Å². The molecule has 0 spiro atoms. The lowest BCUT2D eigenvalue weighted by Gasteiger charge is -2.11. The molecule has 23 heavy (non-hydrogen) atoms. The van der Waals surface area contributed by atoms with Gasteiger partial charge in [0.05, 0.1) is 11.6 Å². The smallest absolute Gasteiger partial charge is 0.266 e. The van der Waals surface area contributed by atoms with Gasteiger partial charge in [-0.3, -0.25) is 4.79 Å². The number of hydrogen-bond donors (Lipinski definition) is 3. The molecule has 0 fully saturated rings. The molecule has 0 aliphatic carbocycles. The van der Waals surface area contributed by atoms with Crippen LogP contribution in [0.4, 0.5) is 0 Å². The predicted octanol–water partition coefficient (Wildman–Crippen LogP) is 3.34. The number of H-pyrrole nitrogens is 1. The second kappa shape index (κ2) is 6.76. The highest BCUT2D eigenvalue weighted by molar-refractivity contribution is 7.71. The summed E-state index contributed by atoms with van der Waals surface area (Å²) in [5.41, 5.74) is 2.63. The average molecular weight is 328 g/mol. The van der Waals surface area contributed by atoms with Crippen LogP contribution in [0.2, 0.25) is 0 Å². The third kappa shape index (κ3) is 3.67. The SMILES string of the molecule is O=C(NCC[C@H](O)c1ccccc1)c1ccc2[nH]c(=S)oc2c1. The van der Waals surface area contributed by atoms with E-state index in [1.54, 1.807) is 18.2 Å². The molecule has 6 heteroatoms. The van der Waals surface area contributed by atoms with E-state index in [0.717, 1.165) is 11.1 Å². The van der Waals surface area contributed by atoms with Gasteiger partial charge in [0.1, 0.15) is 0 Å². The summed E-state index contributed by atoms with van der Waals surface area (Å²) in [6, 6.07) is 14.5. The minimum atomic E-state index is -0.596. The summed E-state index contributed by atoms with van der Waals surface area (Å²) >= 11 is 4.92. The Morgan fingerprint density at radius 3 is 2.83 bits per heavy atom. The van der Waals surface area contributed by atoms with Crippen molar-refractivity contribution < 1.29 is 14.3 Å². The largest absolute Gasteiger partial charge is 0.429 e. The van der Waals surface area contributed by atoms with Gasteiger partial charge in [0, 0.05) is 12.1 Å². The molecule has 1 atom stereocenters. The van der Waals surface area contributed by atoms with E-state index < -0.39 is 6.10 Å². The molecule has 3 aromatic rings. The molecule has 0 saturated heterocycles. The molecule has 0 bridgehead atoms. The summed E-state index contributed by atoms with van der Waals surface area (Å²) in [5.74, 6) is -0.213. The summed E-state index contributed by atoms with van der Waals surface area (Å²) in [5, 5.41) is 12.9. The molecule has 1 aromatic heterocycles. The molecule has 0 radical (unpaired) electrons. The van der Waals surface area contributed by atoms with Crippen molar-refractivity contribution >= 4 is 29.2 Å². The van der Waals surface area contributed by atoms with Crippen molar-refractivity contribution in [3.05, 3.63) is 64.5 Å². The van der Waals surface area contributed by atoms with Crippen LogP contribution in [0, 0.1) is 4.84 Å². The van der Waals surface area contributed by atoms with Gasteiger partial charge in [-0.2, -0.15) is 0 Å². The first kappa shape index (κ1) is 15.5. The summed E-state index contributed by atoms with van der Waals surface area (Å²) in [7, 11) is 0. The number of carbonyl (C=O) groups excluding carboxylic acids is 1. The molecule has 0 aliphatic heterocycles. The summed E-state index contributed by atoms with van der Waals surface area (Å²) in [6.45, 7) is 0.378. The van der Waals surface area contributed by atoms with Crippen LogP contribution in [0.5, 0.6) is 0 Å². The first-order valence-electron chi connectivity index (χ1n) is 7.27. The van der Waals surface area contributed by atoms with Crippen molar-refractivity contribution in [3.8, 4) is 0 Å². The zero-order valence-electron chi connectivity index (χ0n) is 12.3. The molecule has 5 nitrogen and oxygen atoms in total. The highest BCUT2D eigenvalue weighted by Crippen LogP contribution is 2.17. The Labute approximate surface area is 138 Å². The van der Waals surface area contributed by atoms with E-state index in [4.69, 9.17) is 16.6 Å². The Morgan fingerprint density at radius 2 is 2.04 bits per heavy atom. The minimum absolute atomic E-state index is 0.213. The number of benzene rings is 2. The molecule has 0 aliphatic rings. The van der Waals surface area contributed by atoms with Gasteiger partial charge in [0.25, 0.3) is 10.7 Å². The topological polar surface area (TPSA) is 78.3 Å². The van der Waals surface area contributed by atoms with Crippen LogP contribution in [0.3, 0.4) is 0 Å². The van der Waals surface area contributed by atoms with E-state index >= 15 is 0 Å². The minimum Gasteiger partial charge on any atom is -0.429 e. The van der Waals surface area contributed by atoms with Crippen LogP contribution in [0.15, 0.2) is 52.9 Å². The van der Waals surface area contributed by atoms with Crippen LogP contribution in [0.25, 0.3) is 11.1 Å². The van der Waals surface area contributed by atoms with Gasteiger partial charge in [-0.1, -0.05) is 30.3 Å². The first-order valence-corrected chi connectivity index (χ1v) is 7.68. The molecule has 0 unspecified atom stereocenters. The Bertz CT molecular complexity index is 870. The summed E-state index contributed by atoms with van der Waals surface area (Å²) in [6.07, 6.45) is -0.149. The van der Waals surface area contributed by atoms with Crippen molar-refractivity contribution in [3.63, 3.8) is 0 Å². The lowest BCUT2D eigenvalue weighted by Crippen LogP contribution is -2.25. The van der Waals surface area contributed by atoms with Gasteiger partial charge in [-0.25, -0.2) is 0 Å². The zero-order valence-corrected chi connectivity index (χ0v) is 13.1. The Morgan fingerprint density at radius 1 is 1.26 bits per heavy atom. The summed E-state index contributed by atoms with van der Waals surface area (Å²) < 4.78 is 5.30. The average Bonchev–Trinajstić information content (AvgIpc) is 2.94. The van der Waals surface area contributed by atoms with E-state index in [-0.39, 0.29) is 10.7 Å². The summed E-state index contributed by atoms with van der Waals surface area (Å²) in [4.78, 5) is 15.3. The molecular formula is C17H16N2O3S. The highest BCUT2D eigenvalue weighted by Gasteiger charge is 2.10. The van der Waals surface area contributed by atoms with E-state index in [0.29, 0.717) is 24.1 Å². The van der Waals surface area contributed by atoms with Crippen LogP contribution < -0.4 is 5.32 Å². The fraction of sp³-hybridized carbons (Fsp3) is 0.176. The van der Waals surface area contributed by atoms with E-state index in [2.05, 4.69) is 10.3 Å². The van der Waals surface area contributed by atoms with Gasteiger partial charge in [0.2, 0.25) is 0 Å². The number of aliphatic hydroxyl groups excluding tert-OH is 1. The van der Waals surface area contributed by atoms with Gasteiger partial charge < -0.3 is 19.8 Å². The van der Waals surface area contributed by atoms with Gasteiger partial charge in [-0.05, 0) is 42.4 Å². The monoisotopic (exact) mass is 328 g/mol. The number of hydrogen-bond acceptors (Lipinski definition) is 4. The zero-order chi connectivity index (χ0) is 16.2. The Kier molecular flexibility index (Phi) is 4.55. The third-order valence-electron chi connectivity index (χ3n) is 3.57. The molecule has 1 amide bonds. The number of oxazole rings is 1. The Hall–Kier alpha value is -2.44. The predicted molar refractivity (Wildman–Crippen MR) is 89.8 cm³/mol. The number of amides is 1. The van der Waals surface area contributed by atoms with Crippen LogP contribution in [-0.4, -0.2) is 22.5 Å². The number of aromatic amines is 1. The van der Waals surface area contributed by atoms with Crippen molar-refractivity contribution in [2.45, 2.75) is 12.5 Å². The van der Waals surface area contributed by atoms with Crippen molar-refractivity contribution in [2.75, 3.05) is 6.54 Å². The molecule has 3 rings (SSSR count). The number of aliphatic hydroxyl groups is 1. The molecule has 1 heterocycles. The van der Waals surface area contributed by atoms with Crippen LogP contribution in [0.1, 0.15) is 28.4 Å². The first-order chi connectivity index (χ1) is 11.1. The number of rotatable bonds is 5. The fourth-order valence-corrected chi connectivity index (χ4v) is 2.55. The van der Waals surface area contributed by atoms with Gasteiger partial charge in [0.15, 0.2) is 5.58 Å². The molecule has 118 valence electrons. The molecule has 3 N–H and O–H groups in total. The maximum Gasteiger partial charge on any atom is 0.266 e. The van der Waals surface area contributed by atoms with E-state index in [1.807, 2.05) is 30.3 Å². The van der Waals surface area contributed by atoms with Crippen LogP contribution in [-0.2, 0) is 0 Å². The quantitative estimate of drug-likeness (QED) is 0.628. The maximum atomic E-state index is 12.1. The molecule has 2 aromatic carbocycles. The van der Waals surface area contributed by atoms with Gasteiger partial charge in [-0.15, -0.1) is 0 Å². The lowest BCUT2D eigenvalue weighted by molar-refractivity contribution is 0.0942. The highest BCUT2D eigenvalue weighted by atomic mass is 32.1. The van der Waals surface area contributed by atoms with Crippen molar-refractivity contribution in [1.29, 1.82) is 0 Å². The van der Waals surface area contributed by atoms with Crippen molar-refractivity contribution in [2.24, 2.45) is 0 Å². The maximum absolute atomic E-state index is 12.1. The van der Waals surface area contributed by atoms with E-state index in [9.17, 15) is 9.90 Å². The second-order valence-electron chi connectivity index (χ2n) is 5.20. The number of carbonyl (C=O) groups is 1. The van der Waals surface area contributed by atoms with Crippen LogP contribution >= 0.6 is 12.2 Å². The molecule has 0 saturated carbocycles. The number of fused-ring (bicyclic) bond motifs is 1. The van der Waals surface area contributed by atoms with Gasteiger partial charge >= 0.3 is 0 Å². The lowest BCUT2D eigenvalue weighted by atomic mass is 10.1. The number of nitrogens with one attached hydrogen (secondary N) is 2.